The van der Waals surface area contributed by atoms with Gasteiger partial charge in [0.1, 0.15) is 5.75 Å². The van der Waals surface area contributed by atoms with E-state index in [1.807, 2.05) is 11.0 Å². The van der Waals surface area contributed by atoms with Gasteiger partial charge in [-0.2, -0.15) is 0 Å². The first-order chi connectivity index (χ1) is 12.0. The van der Waals surface area contributed by atoms with Gasteiger partial charge < -0.3 is 15.0 Å². The summed E-state index contributed by atoms with van der Waals surface area (Å²) >= 11 is 0. The second-order valence-electron chi connectivity index (χ2n) is 7.99. The van der Waals surface area contributed by atoms with Gasteiger partial charge in [-0.05, 0) is 68.2 Å². The molecule has 2 fully saturated rings. The van der Waals surface area contributed by atoms with Gasteiger partial charge in [-0.15, -0.1) is 12.4 Å². The highest BCUT2D eigenvalue weighted by atomic mass is 35.5. The van der Waals surface area contributed by atoms with Crippen molar-refractivity contribution in [1.82, 2.24) is 10.2 Å². The molecule has 1 aliphatic carbocycles. The molecule has 1 aromatic carbocycles. The van der Waals surface area contributed by atoms with Crippen LogP contribution in [0.25, 0.3) is 0 Å². The van der Waals surface area contributed by atoms with Crippen LogP contribution >= 0.6 is 12.4 Å². The molecule has 1 amide bonds. The monoisotopic (exact) mass is 380 g/mol. The number of amides is 1. The SMILES string of the molecule is Cc1ccc(C(C)C)c(OCC(=O)N2CCC(NCC3CC3)CC2)c1.Cl. The zero-order valence-corrected chi connectivity index (χ0v) is 17.1. The smallest absolute Gasteiger partial charge is 0.260 e. The molecule has 0 aromatic heterocycles. The first-order valence-corrected chi connectivity index (χ1v) is 9.77. The van der Waals surface area contributed by atoms with Crippen molar-refractivity contribution in [2.24, 2.45) is 5.92 Å². The first-order valence-electron chi connectivity index (χ1n) is 9.77. The highest BCUT2D eigenvalue weighted by molar-refractivity contribution is 5.85. The van der Waals surface area contributed by atoms with E-state index in [0.29, 0.717) is 12.0 Å². The number of aryl methyl sites for hydroxylation is 1. The summed E-state index contributed by atoms with van der Waals surface area (Å²) in [5.74, 6) is 2.26. The van der Waals surface area contributed by atoms with Crippen LogP contribution in [0.4, 0.5) is 0 Å². The maximum Gasteiger partial charge on any atom is 0.260 e. The lowest BCUT2D eigenvalue weighted by molar-refractivity contribution is -0.134. The minimum absolute atomic E-state index is 0. The number of carbonyl (C=O) groups excluding carboxylic acids is 1. The van der Waals surface area contributed by atoms with Crippen LogP contribution in [0, 0.1) is 12.8 Å². The van der Waals surface area contributed by atoms with E-state index in [9.17, 15) is 4.79 Å². The molecule has 1 saturated heterocycles. The zero-order chi connectivity index (χ0) is 17.8. The quantitative estimate of drug-likeness (QED) is 0.779. The van der Waals surface area contributed by atoms with Gasteiger partial charge in [-0.25, -0.2) is 0 Å². The third-order valence-corrected chi connectivity index (χ3v) is 5.38. The van der Waals surface area contributed by atoms with Crippen molar-refractivity contribution in [3.63, 3.8) is 0 Å². The summed E-state index contributed by atoms with van der Waals surface area (Å²) in [6.45, 7) is 9.34. The Labute approximate surface area is 164 Å². The fraction of sp³-hybridized carbons (Fsp3) is 0.667. The third kappa shape index (κ3) is 5.88. The fourth-order valence-electron chi connectivity index (χ4n) is 3.46. The van der Waals surface area contributed by atoms with E-state index in [-0.39, 0.29) is 24.9 Å². The second kappa shape index (κ2) is 9.61. The van der Waals surface area contributed by atoms with Crippen LogP contribution < -0.4 is 10.1 Å². The zero-order valence-electron chi connectivity index (χ0n) is 16.3. The van der Waals surface area contributed by atoms with E-state index in [4.69, 9.17) is 4.74 Å². The Hall–Kier alpha value is -1.26. The molecule has 0 bridgehead atoms. The van der Waals surface area contributed by atoms with E-state index in [2.05, 4.69) is 38.2 Å². The molecule has 4 nitrogen and oxygen atoms in total. The molecule has 146 valence electrons. The maximum absolute atomic E-state index is 12.5. The number of carbonyl (C=O) groups is 1. The molecule has 1 aliphatic heterocycles. The van der Waals surface area contributed by atoms with Crippen molar-refractivity contribution in [2.75, 3.05) is 26.2 Å². The lowest BCUT2D eigenvalue weighted by Gasteiger charge is -2.32. The Kier molecular flexibility index (Phi) is 7.78. The predicted octanol–water partition coefficient (Wildman–Crippen LogP) is 3.91. The molecule has 0 radical (unpaired) electrons. The Morgan fingerprint density at radius 2 is 1.92 bits per heavy atom. The molecule has 5 heteroatoms. The number of hydrogen-bond acceptors (Lipinski definition) is 3. The van der Waals surface area contributed by atoms with Gasteiger partial charge in [0.05, 0.1) is 0 Å². The highest BCUT2D eigenvalue weighted by Crippen LogP contribution is 2.29. The molecule has 1 N–H and O–H groups in total. The summed E-state index contributed by atoms with van der Waals surface area (Å²) in [6, 6.07) is 6.83. The fourth-order valence-corrected chi connectivity index (χ4v) is 3.46. The van der Waals surface area contributed by atoms with E-state index in [0.717, 1.165) is 49.7 Å². The van der Waals surface area contributed by atoms with Crippen molar-refractivity contribution >= 4 is 18.3 Å². The van der Waals surface area contributed by atoms with Crippen LogP contribution in [0.5, 0.6) is 5.75 Å². The first kappa shape index (κ1) is 21.0. The minimum atomic E-state index is 0. The van der Waals surface area contributed by atoms with Crippen LogP contribution in [0.1, 0.15) is 56.6 Å². The summed E-state index contributed by atoms with van der Waals surface area (Å²) < 4.78 is 5.90. The van der Waals surface area contributed by atoms with Crippen molar-refractivity contribution < 1.29 is 9.53 Å². The van der Waals surface area contributed by atoms with Gasteiger partial charge in [0.15, 0.2) is 6.61 Å². The molecule has 1 saturated carbocycles. The number of hydrogen-bond donors (Lipinski definition) is 1. The Morgan fingerprint density at radius 1 is 1.23 bits per heavy atom. The molecule has 0 spiro atoms. The average molecular weight is 381 g/mol. The molecule has 2 aliphatic rings. The molecule has 3 rings (SSSR count). The van der Waals surface area contributed by atoms with Gasteiger partial charge in [0, 0.05) is 19.1 Å². The summed E-state index contributed by atoms with van der Waals surface area (Å²) in [7, 11) is 0. The van der Waals surface area contributed by atoms with Crippen molar-refractivity contribution in [3.05, 3.63) is 29.3 Å². The summed E-state index contributed by atoms with van der Waals surface area (Å²) in [6.07, 6.45) is 4.89. The second-order valence-corrected chi connectivity index (χ2v) is 7.99. The topological polar surface area (TPSA) is 41.6 Å². The van der Waals surface area contributed by atoms with E-state index in [1.165, 1.54) is 18.4 Å². The molecule has 1 heterocycles. The van der Waals surface area contributed by atoms with Gasteiger partial charge in [-0.3, -0.25) is 4.79 Å². The van der Waals surface area contributed by atoms with Gasteiger partial charge in [-0.1, -0.05) is 26.0 Å². The number of rotatable bonds is 7. The lowest BCUT2D eigenvalue weighted by Crippen LogP contribution is -2.46. The number of piperidine rings is 1. The van der Waals surface area contributed by atoms with Crippen LogP contribution in [0.3, 0.4) is 0 Å². The van der Waals surface area contributed by atoms with Crippen molar-refractivity contribution in [3.8, 4) is 5.75 Å². The molecule has 0 atom stereocenters. The summed E-state index contributed by atoms with van der Waals surface area (Å²) in [4.78, 5) is 14.5. The number of nitrogens with zero attached hydrogens (tertiary/aromatic N) is 1. The van der Waals surface area contributed by atoms with Crippen LogP contribution in [-0.4, -0.2) is 43.1 Å². The van der Waals surface area contributed by atoms with Gasteiger partial charge in [0.25, 0.3) is 5.91 Å². The lowest BCUT2D eigenvalue weighted by atomic mass is 10.0. The van der Waals surface area contributed by atoms with Crippen molar-refractivity contribution in [1.29, 1.82) is 0 Å². The largest absolute Gasteiger partial charge is 0.483 e. The average Bonchev–Trinajstić information content (AvgIpc) is 3.42. The summed E-state index contributed by atoms with van der Waals surface area (Å²) in [5.41, 5.74) is 2.33. The van der Waals surface area contributed by atoms with E-state index in [1.54, 1.807) is 0 Å². The molecular formula is C21H33ClN2O2. The number of halogens is 1. The number of ether oxygens (including phenoxy) is 1. The third-order valence-electron chi connectivity index (χ3n) is 5.38. The van der Waals surface area contributed by atoms with E-state index < -0.39 is 0 Å². The van der Waals surface area contributed by atoms with Crippen LogP contribution in [0.2, 0.25) is 0 Å². The molecule has 0 unspecified atom stereocenters. The standard InChI is InChI=1S/C21H32N2O2.ClH/c1-15(2)19-7-4-16(3)12-20(19)25-14-21(24)23-10-8-18(9-11-23)22-13-17-5-6-17;/h4,7,12,15,17-18,22H,5-6,8-11,13-14H2,1-3H3;1H. The summed E-state index contributed by atoms with van der Waals surface area (Å²) in [5, 5.41) is 3.66. The molecular weight excluding hydrogens is 348 g/mol. The Morgan fingerprint density at radius 3 is 2.54 bits per heavy atom. The van der Waals surface area contributed by atoms with Gasteiger partial charge >= 0.3 is 0 Å². The minimum Gasteiger partial charge on any atom is -0.483 e. The number of likely N-dealkylation sites (tertiary alicyclic amines) is 1. The Balaban J connectivity index is 0.00000243. The maximum atomic E-state index is 12.5. The van der Waals surface area contributed by atoms with Crippen molar-refractivity contribution in [2.45, 2.75) is 58.4 Å². The van der Waals surface area contributed by atoms with E-state index >= 15 is 0 Å². The number of benzene rings is 1. The van der Waals surface area contributed by atoms with Gasteiger partial charge in [0.2, 0.25) is 0 Å². The van der Waals surface area contributed by atoms with Crippen LogP contribution in [0.15, 0.2) is 18.2 Å². The molecule has 26 heavy (non-hydrogen) atoms. The predicted molar refractivity (Wildman–Crippen MR) is 108 cm³/mol. The number of nitrogens with one attached hydrogen (secondary N) is 1. The Bertz CT molecular complexity index is 594. The normalized spacial score (nSPS) is 17.9. The molecule has 1 aromatic rings. The highest BCUT2D eigenvalue weighted by Gasteiger charge is 2.26. The van der Waals surface area contributed by atoms with Crippen LogP contribution in [-0.2, 0) is 4.79 Å².